The molecule has 0 spiro atoms. The van der Waals surface area contributed by atoms with E-state index in [0.717, 1.165) is 51.7 Å². The molecule has 5 nitrogen and oxygen atoms in total. The van der Waals surface area contributed by atoms with E-state index in [1.54, 1.807) is 11.8 Å². The Morgan fingerprint density at radius 3 is 2.60 bits per heavy atom. The van der Waals surface area contributed by atoms with Crippen LogP contribution in [0.25, 0.3) is 0 Å². The standard InChI is InChI=1S/C24H35N3O2S/c1-30-22-10-6-5-9-21(22)18-27-15-12-20(13-16-27)17-26-24(29)23(28)25-14-11-19-7-3-2-4-8-19/h5-7,9-10,20H,2-4,8,11-18H2,1H3,(H,25,28)(H,26,29). The van der Waals surface area contributed by atoms with Crippen molar-refractivity contribution in [3.63, 3.8) is 0 Å². The van der Waals surface area contributed by atoms with Crippen molar-refractivity contribution < 1.29 is 9.59 Å². The minimum Gasteiger partial charge on any atom is -0.348 e. The van der Waals surface area contributed by atoms with Crippen LogP contribution in [-0.4, -0.2) is 49.1 Å². The molecule has 6 heteroatoms. The van der Waals surface area contributed by atoms with Crippen LogP contribution in [0.2, 0.25) is 0 Å². The van der Waals surface area contributed by atoms with E-state index in [0.29, 0.717) is 19.0 Å². The van der Waals surface area contributed by atoms with Gasteiger partial charge in [-0.15, -0.1) is 11.8 Å². The Bertz CT molecular complexity index is 742. The second-order valence-corrected chi connectivity index (χ2v) is 9.20. The third-order valence-electron chi connectivity index (χ3n) is 6.17. The lowest BCUT2D eigenvalue weighted by molar-refractivity contribution is -0.139. The van der Waals surface area contributed by atoms with Crippen LogP contribution in [0, 0.1) is 5.92 Å². The van der Waals surface area contributed by atoms with Gasteiger partial charge >= 0.3 is 11.8 Å². The predicted octanol–water partition coefficient (Wildman–Crippen LogP) is 3.74. The van der Waals surface area contributed by atoms with Gasteiger partial charge in [0.2, 0.25) is 0 Å². The summed E-state index contributed by atoms with van der Waals surface area (Å²) in [6.45, 7) is 4.19. The molecule has 0 saturated carbocycles. The van der Waals surface area contributed by atoms with Crippen LogP contribution in [0.4, 0.5) is 0 Å². The van der Waals surface area contributed by atoms with Crippen molar-refractivity contribution in [1.82, 2.24) is 15.5 Å². The normalized spacial score (nSPS) is 18.0. The Morgan fingerprint density at radius 1 is 1.10 bits per heavy atom. The Labute approximate surface area is 185 Å². The van der Waals surface area contributed by atoms with Gasteiger partial charge in [0, 0.05) is 24.5 Å². The molecule has 164 valence electrons. The molecular formula is C24H35N3O2S. The number of likely N-dealkylation sites (tertiary alicyclic amines) is 1. The highest BCUT2D eigenvalue weighted by molar-refractivity contribution is 7.98. The number of allylic oxidation sites excluding steroid dienone is 1. The molecule has 2 amide bonds. The highest BCUT2D eigenvalue weighted by Gasteiger charge is 2.21. The molecule has 0 bridgehead atoms. The lowest BCUT2D eigenvalue weighted by Crippen LogP contribution is -2.44. The monoisotopic (exact) mass is 429 g/mol. The first-order valence-electron chi connectivity index (χ1n) is 11.2. The molecular weight excluding hydrogens is 394 g/mol. The van der Waals surface area contributed by atoms with E-state index in [1.165, 1.54) is 28.9 Å². The van der Waals surface area contributed by atoms with Crippen molar-refractivity contribution in [2.24, 2.45) is 5.92 Å². The average molecular weight is 430 g/mol. The lowest BCUT2D eigenvalue weighted by Gasteiger charge is -2.32. The summed E-state index contributed by atoms with van der Waals surface area (Å²) in [5.74, 6) is -0.553. The number of hydrogen-bond donors (Lipinski definition) is 2. The van der Waals surface area contributed by atoms with Gasteiger partial charge in [0.05, 0.1) is 0 Å². The highest BCUT2D eigenvalue weighted by atomic mass is 32.2. The van der Waals surface area contributed by atoms with Gasteiger partial charge in [-0.1, -0.05) is 29.8 Å². The van der Waals surface area contributed by atoms with Crippen molar-refractivity contribution in [3.05, 3.63) is 41.5 Å². The summed E-state index contributed by atoms with van der Waals surface area (Å²) in [4.78, 5) is 27.9. The molecule has 1 aromatic rings. The van der Waals surface area contributed by atoms with Gasteiger partial charge in [-0.2, -0.15) is 0 Å². The van der Waals surface area contributed by atoms with Gasteiger partial charge in [0.15, 0.2) is 0 Å². The topological polar surface area (TPSA) is 61.4 Å². The summed E-state index contributed by atoms with van der Waals surface area (Å²) >= 11 is 1.80. The Balaban J connectivity index is 1.31. The molecule has 2 N–H and O–H groups in total. The van der Waals surface area contributed by atoms with Gasteiger partial charge in [-0.3, -0.25) is 14.5 Å². The number of thioether (sulfide) groups is 1. The molecule has 1 fully saturated rings. The molecule has 0 atom stereocenters. The van der Waals surface area contributed by atoms with E-state index < -0.39 is 11.8 Å². The maximum Gasteiger partial charge on any atom is 0.309 e. The van der Waals surface area contributed by atoms with Crippen LogP contribution in [0.3, 0.4) is 0 Å². The summed E-state index contributed by atoms with van der Waals surface area (Å²) in [7, 11) is 0. The fourth-order valence-electron chi connectivity index (χ4n) is 4.29. The second-order valence-electron chi connectivity index (χ2n) is 8.36. The highest BCUT2D eigenvalue weighted by Crippen LogP contribution is 2.24. The number of hydrogen-bond acceptors (Lipinski definition) is 4. The van der Waals surface area contributed by atoms with Gasteiger partial charge in [-0.25, -0.2) is 0 Å². The summed E-state index contributed by atoms with van der Waals surface area (Å²) in [5.41, 5.74) is 2.80. The minimum atomic E-state index is -0.502. The number of benzene rings is 1. The molecule has 1 aromatic carbocycles. The Morgan fingerprint density at radius 2 is 1.87 bits per heavy atom. The van der Waals surface area contributed by atoms with Crippen molar-refractivity contribution in [3.8, 4) is 0 Å². The Hall–Kier alpha value is -1.79. The maximum atomic E-state index is 12.1. The quantitative estimate of drug-likeness (QED) is 0.375. The van der Waals surface area contributed by atoms with Crippen molar-refractivity contribution >= 4 is 23.6 Å². The molecule has 1 saturated heterocycles. The fraction of sp³-hybridized carbons (Fsp3) is 0.583. The molecule has 0 aromatic heterocycles. The van der Waals surface area contributed by atoms with Crippen LogP contribution in [-0.2, 0) is 16.1 Å². The summed E-state index contributed by atoms with van der Waals surface area (Å²) in [6, 6.07) is 8.59. The van der Waals surface area contributed by atoms with Crippen molar-refractivity contribution in [2.45, 2.75) is 56.4 Å². The molecule has 0 radical (unpaired) electrons. The van der Waals surface area contributed by atoms with E-state index in [2.05, 4.69) is 52.1 Å². The summed E-state index contributed by atoms with van der Waals surface area (Å²) < 4.78 is 0. The number of rotatable bonds is 8. The van der Waals surface area contributed by atoms with Crippen molar-refractivity contribution in [2.75, 3.05) is 32.4 Å². The first kappa shape index (κ1) is 22.9. The van der Waals surface area contributed by atoms with Gasteiger partial charge in [-0.05, 0) is 81.8 Å². The number of nitrogens with zero attached hydrogens (tertiary/aromatic N) is 1. The summed E-state index contributed by atoms with van der Waals surface area (Å²) in [5, 5.41) is 5.60. The second kappa shape index (κ2) is 12.2. The fourth-order valence-corrected chi connectivity index (χ4v) is 4.90. The molecule has 1 heterocycles. The largest absolute Gasteiger partial charge is 0.348 e. The first-order valence-corrected chi connectivity index (χ1v) is 12.5. The van der Waals surface area contributed by atoms with Gasteiger partial charge in [0.1, 0.15) is 0 Å². The van der Waals surface area contributed by atoms with E-state index in [-0.39, 0.29) is 0 Å². The third-order valence-corrected chi connectivity index (χ3v) is 7.01. The van der Waals surface area contributed by atoms with E-state index in [1.807, 2.05) is 0 Å². The molecule has 1 aliphatic carbocycles. The number of carbonyl (C=O) groups excluding carboxylic acids is 2. The lowest BCUT2D eigenvalue weighted by atomic mass is 9.96. The molecule has 2 aliphatic rings. The van der Waals surface area contributed by atoms with Crippen LogP contribution in [0.5, 0.6) is 0 Å². The van der Waals surface area contributed by atoms with Crippen molar-refractivity contribution in [1.29, 1.82) is 0 Å². The maximum absolute atomic E-state index is 12.1. The predicted molar refractivity (Wildman–Crippen MR) is 123 cm³/mol. The van der Waals surface area contributed by atoms with Crippen LogP contribution >= 0.6 is 11.8 Å². The zero-order chi connectivity index (χ0) is 21.2. The minimum absolute atomic E-state index is 0.446. The third kappa shape index (κ3) is 7.17. The zero-order valence-corrected chi connectivity index (χ0v) is 18.9. The first-order chi connectivity index (χ1) is 14.7. The number of piperidine rings is 1. The molecule has 3 rings (SSSR count). The molecule has 1 aliphatic heterocycles. The summed E-state index contributed by atoms with van der Waals surface area (Å²) in [6.07, 6.45) is 12.1. The van der Waals surface area contributed by atoms with Crippen LogP contribution < -0.4 is 10.6 Å². The van der Waals surface area contributed by atoms with E-state index in [9.17, 15) is 9.59 Å². The SMILES string of the molecule is CSc1ccccc1CN1CCC(CNC(=O)C(=O)NCCC2=CCCCC2)CC1. The zero-order valence-electron chi connectivity index (χ0n) is 18.1. The number of amides is 2. The number of carbonyl (C=O) groups is 2. The smallest absolute Gasteiger partial charge is 0.309 e. The van der Waals surface area contributed by atoms with Gasteiger partial charge < -0.3 is 10.6 Å². The van der Waals surface area contributed by atoms with Crippen LogP contribution in [0.15, 0.2) is 40.8 Å². The molecule has 30 heavy (non-hydrogen) atoms. The number of nitrogens with one attached hydrogen (secondary N) is 2. The average Bonchev–Trinajstić information content (AvgIpc) is 2.79. The van der Waals surface area contributed by atoms with Gasteiger partial charge in [0.25, 0.3) is 0 Å². The van der Waals surface area contributed by atoms with E-state index in [4.69, 9.17) is 0 Å². The Kier molecular flexibility index (Phi) is 9.27. The van der Waals surface area contributed by atoms with Crippen LogP contribution in [0.1, 0.15) is 50.5 Å². The molecule has 0 unspecified atom stereocenters. The van der Waals surface area contributed by atoms with E-state index >= 15 is 0 Å².